The Morgan fingerprint density at radius 3 is 1.55 bits per heavy atom. The second-order valence-electron chi connectivity index (χ2n) is 19.0. The van der Waals surface area contributed by atoms with Gasteiger partial charge in [0.15, 0.2) is 0 Å². The van der Waals surface area contributed by atoms with E-state index in [0.29, 0.717) is 55.5 Å². The molecule has 12 nitrogen and oxygen atoms in total. The van der Waals surface area contributed by atoms with Gasteiger partial charge in [-0.2, -0.15) is 0 Å². The molecule has 55 heavy (non-hydrogen) atoms. The van der Waals surface area contributed by atoms with Crippen molar-refractivity contribution in [3.8, 4) is 0 Å². The predicted octanol–water partition coefficient (Wildman–Crippen LogP) is 7.41. The molecule has 0 radical (unpaired) electrons. The SMILES string of the molecule is CC(C)(C1CCC(OC2CCC(OOCC3CCC(O)CC3COO)CC2)CC1)C1CCC(OC2CCC(OC(=O)C3CCC(O)CC3C(=O)O)CC2)CC1. The Morgan fingerprint density at radius 1 is 0.545 bits per heavy atom. The van der Waals surface area contributed by atoms with Gasteiger partial charge in [-0.15, -0.1) is 0 Å². The van der Waals surface area contributed by atoms with E-state index in [4.69, 9.17) is 29.2 Å². The molecule has 6 aliphatic rings. The summed E-state index contributed by atoms with van der Waals surface area (Å²) in [5, 5.41) is 38.3. The van der Waals surface area contributed by atoms with Gasteiger partial charge in [-0.25, -0.2) is 14.7 Å². The molecule has 316 valence electrons. The summed E-state index contributed by atoms with van der Waals surface area (Å²) in [6, 6.07) is 0. The number of hydrogen-bond donors (Lipinski definition) is 4. The topological polar surface area (TPSA) is 170 Å². The van der Waals surface area contributed by atoms with Crippen LogP contribution in [-0.2, 0) is 38.5 Å². The number of carbonyl (C=O) groups is 2. The van der Waals surface area contributed by atoms with E-state index in [1.54, 1.807) is 0 Å². The maximum atomic E-state index is 12.9. The van der Waals surface area contributed by atoms with Gasteiger partial charge in [-0.1, -0.05) is 13.8 Å². The summed E-state index contributed by atoms with van der Waals surface area (Å²) in [5.74, 6) is -1.27. The molecule has 0 aromatic heterocycles. The Hall–Kier alpha value is -1.38. The van der Waals surface area contributed by atoms with Gasteiger partial charge < -0.3 is 29.5 Å². The third-order valence-corrected chi connectivity index (χ3v) is 15.1. The fraction of sp³-hybridized carbons (Fsp3) is 0.953. The normalized spacial score (nSPS) is 40.7. The second kappa shape index (κ2) is 20.5. The molecule has 0 bridgehead atoms. The molecule has 0 aromatic carbocycles. The van der Waals surface area contributed by atoms with Crippen molar-refractivity contribution in [2.24, 2.45) is 40.9 Å². The lowest BCUT2D eigenvalue weighted by Crippen LogP contribution is -2.41. The first kappa shape index (κ1) is 43.2. The molecule has 6 atom stereocenters. The number of aliphatic hydroxyl groups is 2. The summed E-state index contributed by atoms with van der Waals surface area (Å²) in [6.07, 6.45) is 19.6. The minimum Gasteiger partial charge on any atom is -0.481 e. The average molecular weight is 781 g/mol. The van der Waals surface area contributed by atoms with E-state index in [2.05, 4.69) is 18.7 Å². The van der Waals surface area contributed by atoms with Gasteiger partial charge in [-0.3, -0.25) is 14.8 Å². The van der Waals surface area contributed by atoms with Crippen molar-refractivity contribution in [3.05, 3.63) is 0 Å². The van der Waals surface area contributed by atoms with Crippen molar-refractivity contribution in [2.75, 3.05) is 13.2 Å². The lowest BCUT2D eigenvalue weighted by Gasteiger charge is -2.47. The summed E-state index contributed by atoms with van der Waals surface area (Å²) >= 11 is 0. The van der Waals surface area contributed by atoms with Gasteiger partial charge >= 0.3 is 11.9 Å². The third-order valence-electron chi connectivity index (χ3n) is 15.1. The molecule has 6 rings (SSSR count). The molecule has 6 fully saturated rings. The van der Waals surface area contributed by atoms with Gasteiger partial charge in [0.05, 0.1) is 67.8 Å². The maximum Gasteiger partial charge on any atom is 0.310 e. The molecule has 6 saturated carbocycles. The highest BCUT2D eigenvalue weighted by Crippen LogP contribution is 2.49. The van der Waals surface area contributed by atoms with E-state index < -0.39 is 29.9 Å². The zero-order valence-electron chi connectivity index (χ0n) is 33.6. The van der Waals surface area contributed by atoms with Crippen LogP contribution in [0.5, 0.6) is 0 Å². The fourth-order valence-electron chi connectivity index (χ4n) is 11.3. The van der Waals surface area contributed by atoms with E-state index in [1.807, 2.05) is 0 Å². The smallest absolute Gasteiger partial charge is 0.310 e. The van der Waals surface area contributed by atoms with Gasteiger partial charge in [0.25, 0.3) is 0 Å². The Balaban J connectivity index is 0.822. The van der Waals surface area contributed by atoms with Crippen LogP contribution in [0, 0.1) is 40.9 Å². The van der Waals surface area contributed by atoms with Crippen molar-refractivity contribution in [1.29, 1.82) is 0 Å². The largest absolute Gasteiger partial charge is 0.481 e. The fourth-order valence-corrected chi connectivity index (χ4v) is 11.3. The lowest BCUT2D eigenvalue weighted by molar-refractivity contribution is -0.341. The monoisotopic (exact) mass is 781 g/mol. The first-order chi connectivity index (χ1) is 26.5. The Morgan fingerprint density at radius 2 is 1.02 bits per heavy atom. The predicted molar refractivity (Wildman–Crippen MR) is 203 cm³/mol. The van der Waals surface area contributed by atoms with E-state index in [1.165, 1.54) is 25.7 Å². The molecule has 4 N–H and O–H groups in total. The van der Waals surface area contributed by atoms with Crippen LogP contribution in [-0.4, -0.2) is 94.6 Å². The molecule has 0 spiro atoms. The van der Waals surface area contributed by atoms with Crippen molar-refractivity contribution in [3.63, 3.8) is 0 Å². The third kappa shape index (κ3) is 12.1. The minimum absolute atomic E-state index is 0.0756. The summed E-state index contributed by atoms with van der Waals surface area (Å²) in [4.78, 5) is 40.5. The van der Waals surface area contributed by atoms with Gasteiger partial charge in [-0.05, 0) is 170 Å². The number of rotatable bonds is 15. The summed E-state index contributed by atoms with van der Waals surface area (Å²) < 4.78 is 19.1. The van der Waals surface area contributed by atoms with Crippen LogP contribution in [0.3, 0.4) is 0 Å². The van der Waals surface area contributed by atoms with Crippen molar-refractivity contribution < 1.29 is 59.0 Å². The van der Waals surface area contributed by atoms with Crippen LogP contribution in [0.2, 0.25) is 0 Å². The van der Waals surface area contributed by atoms with Crippen molar-refractivity contribution in [1.82, 2.24) is 0 Å². The quantitative estimate of drug-likeness (QED) is 0.0739. The lowest BCUT2D eigenvalue weighted by atomic mass is 9.60. The molecule has 0 amide bonds. The van der Waals surface area contributed by atoms with E-state index in [0.717, 1.165) is 95.8 Å². The van der Waals surface area contributed by atoms with Crippen LogP contribution in [0.1, 0.15) is 155 Å². The molecule has 12 heteroatoms. The summed E-state index contributed by atoms with van der Waals surface area (Å²) in [7, 11) is 0. The first-order valence-electron chi connectivity index (χ1n) is 22.1. The molecule has 0 aromatic rings. The van der Waals surface area contributed by atoms with Crippen molar-refractivity contribution >= 4 is 11.9 Å². The highest BCUT2D eigenvalue weighted by Gasteiger charge is 2.43. The highest BCUT2D eigenvalue weighted by molar-refractivity contribution is 5.81. The number of carboxylic acid groups (broad SMARTS) is 1. The Bertz CT molecular complexity index is 1170. The van der Waals surface area contributed by atoms with Gasteiger partial charge in [0.2, 0.25) is 0 Å². The molecular formula is C43H72O12. The number of esters is 1. The number of aliphatic hydroxyl groups excluding tert-OH is 2. The summed E-state index contributed by atoms with van der Waals surface area (Å²) in [6.45, 7) is 5.68. The highest BCUT2D eigenvalue weighted by atomic mass is 17.2. The zero-order valence-corrected chi connectivity index (χ0v) is 33.6. The second-order valence-corrected chi connectivity index (χ2v) is 19.0. The van der Waals surface area contributed by atoms with E-state index >= 15 is 0 Å². The Labute approximate surface area is 328 Å². The number of aliphatic carboxylic acids is 1. The first-order valence-corrected chi connectivity index (χ1v) is 22.1. The van der Waals surface area contributed by atoms with Crippen molar-refractivity contribution in [2.45, 2.75) is 204 Å². The van der Waals surface area contributed by atoms with Gasteiger partial charge in [0.1, 0.15) is 6.10 Å². The molecule has 6 aliphatic carbocycles. The molecule has 0 saturated heterocycles. The van der Waals surface area contributed by atoms with E-state index in [9.17, 15) is 24.9 Å². The number of carboxylic acids is 1. The number of carbonyl (C=O) groups excluding carboxylic acids is 1. The van der Waals surface area contributed by atoms with Crippen LogP contribution < -0.4 is 0 Å². The van der Waals surface area contributed by atoms with Crippen LogP contribution in [0.25, 0.3) is 0 Å². The standard InChI is InChI=1S/C43H72O12/c1-43(2,29-4-10-33(11-5-29)52-35-14-16-37(17-15-35)54-42(48)39-22-9-32(45)24-40(39)41(46)47)30-6-12-34(13-7-30)53-36-18-20-38(21-19-36)55-51-26-27-3-8-31(44)23-28(27)25-50-49/h27-40,44-45,49H,3-26H2,1-2H3,(H,46,47). The van der Waals surface area contributed by atoms with Crippen LogP contribution >= 0.6 is 0 Å². The Kier molecular flexibility index (Phi) is 16.1. The van der Waals surface area contributed by atoms with E-state index in [-0.39, 0.29) is 49.3 Å². The molecule has 0 heterocycles. The minimum atomic E-state index is -1.03. The van der Waals surface area contributed by atoms with Crippen LogP contribution in [0.4, 0.5) is 0 Å². The zero-order chi connectivity index (χ0) is 39.0. The maximum absolute atomic E-state index is 12.9. The molecular weight excluding hydrogens is 708 g/mol. The number of hydrogen-bond acceptors (Lipinski definition) is 11. The molecule has 6 unspecified atom stereocenters. The van der Waals surface area contributed by atoms with Crippen LogP contribution in [0.15, 0.2) is 0 Å². The van der Waals surface area contributed by atoms with Gasteiger partial charge in [0, 0.05) is 0 Å². The molecule has 0 aliphatic heterocycles. The average Bonchev–Trinajstić information content (AvgIpc) is 3.17. The summed E-state index contributed by atoms with van der Waals surface area (Å²) in [5.41, 5.74) is 0.298. The number of ether oxygens (including phenoxy) is 3.